The van der Waals surface area contributed by atoms with Crippen molar-refractivity contribution < 1.29 is 22.7 Å². The number of carboxylic acid groups (broad SMARTS) is 1. The number of hydrogen-bond acceptors (Lipinski definition) is 4. The Labute approximate surface area is 190 Å². The van der Waals surface area contributed by atoms with E-state index in [0.717, 1.165) is 34.5 Å². The summed E-state index contributed by atoms with van der Waals surface area (Å²) in [5.41, 5.74) is 4.31. The summed E-state index contributed by atoms with van der Waals surface area (Å²) in [4.78, 5) is 11.5. The van der Waals surface area contributed by atoms with E-state index in [9.17, 15) is 28.0 Å². The first-order valence-corrected chi connectivity index (χ1v) is 11.5. The fourth-order valence-electron chi connectivity index (χ4n) is 3.90. The van der Waals surface area contributed by atoms with E-state index in [1.807, 2.05) is 11.3 Å². The van der Waals surface area contributed by atoms with E-state index in [1.165, 1.54) is 24.3 Å². The fourth-order valence-corrected chi connectivity index (χ4v) is 5.17. The molecular formula is C25H19FN2O4S. The van der Waals surface area contributed by atoms with Crippen LogP contribution < -0.4 is 0 Å². The summed E-state index contributed by atoms with van der Waals surface area (Å²) in [7, 11) is -3.78. The van der Waals surface area contributed by atoms with Crippen molar-refractivity contribution in [3.8, 4) is 6.07 Å². The molecule has 0 aliphatic rings. The van der Waals surface area contributed by atoms with Gasteiger partial charge >= 0.3 is 5.97 Å². The highest BCUT2D eigenvalue weighted by Gasteiger charge is 2.20. The second-order valence-corrected chi connectivity index (χ2v) is 9.63. The van der Waals surface area contributed by atoms with Crippen LogP contribution in [0.15, 0.2) is 76.7 Å². The number of aromatic nitrogens is 1. The lowest BCUT2D eigenvalue weighted by Gasteiger charge is -2.08. The second-order valence-electron chi connectivity index (χ2n) is 7.68. The molecule has 2 heterocycles. The van der Waals surface area contributed by atoms with Crippen molar-refractivity contribution in [1.82, 2.24) is 4.40 Å². The van der Waals surface area contributed by atoms with E-state index in [1.54, 1.807) is 30.5 Å². The molecule has 0 unspecified atom stereocenters. The van der Waals surface area contributed by atoms with Gasteiger partial charge in [-0.3, -0.25) is 4.79 Å². The zero-order valence-electron chi connectivity index (χ0n) is 17.6. The SMILES string of the molecule is Cc1c(CC(=O)O)c2ccc(C#N)cn2c1Cc1ccc(S(=O)(=O)c2ccc(F)cc2)cc1. The van der Waals surface area contributed by atoms with Crippen LogP contribution in [0.4, 0.5) is 4.39 Å². The Kier molecular flexibility index (Phi) is 5.75. The molecule has 0 amide bonds. The molecule has 6 nitrogen and oxygen atoms in total. The van der Waals surface area contributed by atoms with Crippen LogP contribution in [-0.2, 0) is 27.5 Å². The molecule has 0 saturated carbocycles. The third-order valence-corrected chi connectivity index (χ3v) is 7.41. The number of halogens is 1. The third-order valence-electron chi connectivity index (χ3n) is 5.62. The Morgan fingerprint density at radius 3 is 2.21 bits per heavy atom. The molecule has 0 fully saturated rings. The van der Waals surface area contributed by atoms with Crippen molar-refractivity contribution >= 4 is 21.3 Å². The molecule has 4 aromatic rings. The molecule has 0 aliphatic heterocycles. The summed E-state index contributed by atoms with van der Waals surface area (Å²) < 4.78 is 40.6. The van der Waals surface area contributed by atoms with Crippen LogP contribution in [-0.4, -0.2) is 23.9 Å². The normalized spacial score (nSPS) is 11.4. The van der Waals surface area contributed by atoms with Crippen LogP contribution in [0, 0.1) is 24.1 Å². The standard InChI is InChI=1S/C25H19FN2O4S/c1-16-22(13-25(29)30)23-11-4-18(14-27)15-28(23)24(16)12-17-2-7-20(8-3-17)33(31,32)21-9-5-19(26)6-10-21/h2-11,15H,12-13H2,1H3,(H,29,30). The number of pyridine rings is 1. The lowest BCUT2D eigenvalue weighted by molar-refractivity contribution is -0.136. The van der Waals surface area contributed by atoms with Crippen molar-refractivity contribution in [1.29, 1.82) is 5.26 Å². The van der Waals surface area contributed by atoms with Crippen molar-refractivity contribution in [2.75, 3.05) is 0 Å². The van der Waals surface area contributed by atoms with Crippen molar-refractivity contribution in [2.45, 2.75) is 29.6 Å². The van der Waals surface area contributed by atoms with Gasteiger partial charge in [0.2, 0.25) is 9.84 Å². The van der Waals surface area contributed by atoms with E-state index in [4.69, 9.17) is 0 Å². The minimum absolute atomic E-state index is 0.00687. The van der Waals surface area contributed by atoms with Gasteiger partial charge in [-0.1, -0.05) is 12.1 Å². The fraction of sp³-hybridized carbons (Fsp3) is 0.120. The first-order valence-electron chi connectivity index (χ1n) is 10.0. The van der Waals surface area contributed by atoms with Gasteiger partial charge in [0, 0.05) is 23.8 Å². The van der Waals surface area contributed by atoms with E-state index < -0.39 is 21.6 Å². The number of carbonyl (C=O) groups is 1. The average Bonchev–Trinajstić information content (AvgIpc) is 3.04. The predicted octanol–water partition coefficient (Wildman–Crippen LogP) is 4.31. The summed E-state index contributed by atoms with van der Waals surface area (Å²) in [5, 5.41) is 18.6. The molecular weight excluding hydrogens is 443 g/mol. The lowest BCUT2D eigenvalue weighted by Crippen LogP contribution is -2.03. The maximum atomic E-state index is 13.2. The number of nitriles is 1. The van der Waals surface area contributed by atoms with Crippen LogP contribution in [0.25, 0.3) is 5.52 Å². The topological polar surface area (TPSA) is 99.6 Å². The molecule has 0 atom stereocenters. The molecule has 0 saturated heterocycles. The quantitative estimate of drug-likeness (QED) is 0.431. The Balaban J connectivity index is 1.72. The monoisotopic (exact) mass is 462 g/mol. The van der Waals surface area contributed by atoms with Gasteiger partial charge in [0.05, 0.1) is 21.8 Å². The molecule has 8 heteroatoms. The number of aliphatic carboxylic acids is 1. The molecule has 0 bridgehead atoms. The molecule has 0 spiro atoms. The maximum Gasteiger partial charge on any atom is 0.307 e. The number of benzene rings is 2. The van der Waals surface area contributed by atoms with E-state index in [-0.39, 0.29) is 16.2 Å². The molecule has 166 valence electrons. The summed E-state index contributed by atoms with van der Waals surface area (Å²) in [6.07, 6.45) is 1.95. The van der Waals surface area contributed by atoms with Gasteiger partial charge in [0.25, 0.3) is 0 Å². The predicted molar refractivity (Wildman–Crippen MR) is 119 cm³/mol. The number of hydrogen-bond donors (Lipinski definition) is 1. The molecule has 33 heavy (non-hydrogen) atoms. The van der Waals surface area contributed by atoms with E-state index in [0.29, 0.717) is 17.5 Å². The Morgan fingerprint density at radius 1 is 1.03 bits per heavy atom. The molecule has 1 N–H and O–H groups in total. The average molecular weight is 463 g/mol. The number of sulfone groups is 1. The smallest absolute Gasteiger partial charge is 0.307 e. The zero-order chi connectivity index (χ0) is 23.8. The van der Waals surface area contributed by atoms with Gasteiger partial charge in [-0.25, -0.2) is 12.8 Å². The molecule has 2 aromatic carbocycles. The molecule has 0 radical (unpaired) electrons. The van der Waals surface area contributed by atoms with Gasteiger partial charge in [-0.05, 0) is 72.1 Å². The van der Waals surface area contributed by atoms with Crippen molar-refractivity contribution in [2.24, 2.45) is 0 Å². The minimum atomic E-state index is -3.78. The van der Waals surface area contributed by atoms with Gasteiger partial charge in [-0.15, -0.1) is 0 Å². The van der Waals surface area contributed by atoms with Gasteiger partial charge in [0.1, 0.15) is 11.9 Å². The third kappa shape index (κ3) is 4.23. The van der Waals surface area contributed by atoms with Crippen molar-refractivity contribution in [3.63, 3.8) is 0 Å². The molecule has 0 aliphatic carbocycles. The number of nitrogens with zero attached hydrogens (tertiary/aromatic N) is 2. The maximum absolute atomic E-state index is 13.2. The van der Waals surface area contributed by atoms with Gasteiger partial charge < -0.3 is 9.51 Å². The highest BCUT2D eigenvalue weighted by Crippen LogP contribution is 2.28. The molecule has 4 rings (SSSR count). The highest BCUT2D eigenvalue weighted by atomic mass is 32.2. The van der Waals surface area contributed by atoms with Crippen LogP contribution in [0.5, 0.6) is 0 Å². The summed E-state index contributed by atoms with van der Waals surface area (Å²) in [5.74, 6) is -1.46. The van der Waals surface area contributed by atoms with Crippen LogP contribution in [0.3, 0.4) is 0 Å². The second kappa shape index (κ2) is 8.52. The first kappa shape index (κ1) is 22.2. The number of fused-ring (bicyclic) bond motifs is 1. The Hall–Kier alpha value is -3.96. The summed E-state index contributed by atoms with van der Waals surface area (Å²) in [6.45, 7) is 1.85. The number of carboxylic acids is 1. The van der Waals surface area contributed by atoms with Crippen LogP contribution >= 0.6 is 0 Å². The zero-order valence-corrected chi connectivity index (χ0v) is 18.4. The van der Waals surface area contributed by atoms with Crippen LogP contribution in [0.2, 0.25) is 0 Å². The molecule has 2 aromatic heterocycles. The van der Waals surface area contributed by atoms with Crippen molar-refractivity contribution in [3.05, 3.63) is 101 Å². The summed E-state index contributed by atoms with van der Waals surface area (Å²) >= 11 is 0. The summed E-state index contributed by atoms with van der Waals surface area (Å²) in [6, 6.07) is 16.5. The van der Waals surface area contributed by atoms with E-state index >= 15 is 0 Å². The highest BCUT2D eigenvalue weighted by molar-refractivity contribution is 7.91. The number of rotatable bonds is 6. The largest absolute Gasteiger partial charge is 0.481 e. The van der Waals surface area contributed by atoms with Crippen LogP contribution in [0.1, 0.15) is 27.9 Å². The Bertz CT molecular complexity index is 1510. The van der Waals surface area contributed by atoms with E-state index in [2.05, 4.69) is 6.07 Å². The lowest BCUT2D eigenvalue weighted by atomic mass is 10.0. The minimum Gasteiger partial charge on any atom is -0.481 e. The van der Waals surface area contributed by atoms with Gasteiger partial charge in [-0.2, -0.15) is 5.26 Å². The van der Waals surface area contributed by atoms with Gasteiger partial charge in [0.15, 0.2) is 0 Å². The first-order chi connectivity index (χ1) is 15.7. The Morgan fingerprint density at radius 2 is 1.64 bits per heavy atom.